The van der Waals surface area contributed by atoms with Gasteiger partial charge in [-0.25, -0.2) is 4.98 Å². The van der Waals surface area contributed by atoms with E-state index in [0.717, 1.165) is 25.9 Å². The molecule has 0 radical (unpaired) electrons. The normalized spacial score (nSPS) is 21.8. The first-order valence-electron chi connectivity index (χ1n) is 7.35. The molecule has 1 amide bonds. The molecule has 5 nitrogen and oxygen atoms in total. The molecule has 1 aliphatic heterocycles. The van der Waals surface area contributed by atoms with Crippen LogP contribution in [-0.2, 0) is 9.53 Å². The molecule has 0 aliphatic carbocycles. The van der Waals surface area contributed by atoms with Crippen LogP contribution in [0.4, 0.5) is 0 Å². The number of nitrogens with one attached hydrogen (secondary N) is 1. The van der Waals surface area contributed by atoms with E-state index in [2.05, 4.69) is 10.3 Å². The minimum Gasteiger partial charge on any atom is -0.475 e. The van der Waals surface area contributed by atoms with Crippen molar-refractivity contribution in [3.63, 3.8) is 0 Å². The van der Waals surface area contributed by atoms with Gasteiger partial charge in [0.2, 0.25) is 11.8 Å². The third-order valence-electron chi connectivity index (χ3n) is 3.54. The van der Waals surface area contributed by atoms with Crippen LogP contribution in [0.2, 0.25) is 5.02 Å². The highest BCUT2D eigenvalue weighted by Crippen LogP contribution is 2.23. The molecule has 1 aromatic heterocycles. The predicted molar refractivity (Wildman–Crippen MR) is 80.5 cm³/mol. The zero-order chi connectivity index (χ0) is 15.1. The second-order valence-electron chi connectivity index (χ2n) is 5.00. The first-order valence-corrected chi connectivity index (χ1v) is 7.72. The Hall–Kier alpha value is -1.33. The maximum atomic E-state index is 12.2. The van der Waals surface area contributed by atoms with E-state index in [-0.39, 0.29) is 17.9 Å². The molecule has 1 saturated heterocycles. The second-order valence-corrected chi connectivity index (χ2v) is 5.40. The van der Waals surface area contributed by atoms with Gasteiger partial charge in [-0.05, 0) is 31.4 Å². The van der Waals surface area contributed by atoms with E-state index in [9.17, 15) is 4.79 Å². The summed E-state index contributed by atoms with van der Waals surface area (Å²) in [5.74, 6) is 0.375. The van der Waals surface area contributed by atoms with Crippen molar-refractivity contribution < 1.29 is 14.3 Å². The number of halogens is 1. The molecule has 1 aliphatic rings. The van der Waals surface area contributed by atoms with Gasteiger partial charge in [-0.2, -0.15) is 0 Å². The molecule has 21 heavy (non-hydrogen) atoms. The Morgan fingerprint density at radius 3 is 3.24 bits per heavy atom. The summed E-state index contributed by atoms with van der Waals surface area (Å²) in [7, 11) is 0. The molecule has 0 saturated carbocycles. The number of amides is 1. The number of ether oxygens (including phenoxy) is 2. The lowest BCUT2D eigenvalue weighted by molar-refractivity contribution is -0.134. The van der Waals surface area contributed by atoms with Crippen molar-refractivity contribution in [1.82, 2.24) is 10.3 Å². The van der Waals surface area contributed by atoms with Crippen molar-refractivity contribution >= 4 is 17.5 Å². The van der Waals surface area contributed by atoms with Crippen LogP contribution in [0.1, 0.15) is 26.2 Å². The maximum Gasteiger partial charge on any atom is 0.232 e. The zero-order valence-electron chi connectivity index (χ0n) is 12.2. The Morgan fingerprint density at radius 2 is 2.48 bits per heavy atom. The van der Waals surface area contributed by atoms with Gasteiger partial charge in [-0.3, -0.25) is 4.79 Å². The first-order chi connectivity index (χ1) is 10.2. The summed E-state index contributed by atoms with van der Waals surface area (Å²) in [6.45, 7) is 3.57. The van der Waals surface area contributed by atoms with Gasteiger partial charge in [-0.15, -0.1) is 0 Å². The molecule has 1 aromatic rings. The lowest BCUT2D eigenvalue weighted by Crippen LogP contribution is -2.42. The van der Waals surface area contributed by atoms with Crippen molar-refractivity contribution in [3.8, 4) is 5.88 Å². The van der Waals surface area contributed by atoms with Gasteiger partial charge in [0.1, 0.15) is 11.6 Å². The largest absolute Gasteiger partial charge is 0.475 e. The Bertz CT molecular complexity index is 470. The monoisotopic (exact) mass is 312 g/mol. The van der Waals surface area contributed by atoms with E-state index in [0.29, 0.717) is 24.1 Å². The number of nitrogens with zero attached hydrogens (tertiary/aromatic N) is 1. The van der Waals surface area contributed by atoms with Gasteiger partial charge in [0, 0.05) is 12.8 Å². The van der Waals surface area contributed by atoms with Crippen LogP contribution in [0.15, 0.2) is 18.3 Å². The maximum absolute atomic E-state index is 12.2. The molecule has 1 fully saturated rings. The summed E-state index contributed by atoms with van der Waals surface area (Å²) < 4.78 is 11.1. The molecule has 2 heterocycles. The Morgan fingerprint density at radius 1 is 1.62 bits per heavy atom. The van der Waals surface area contributed by atoms with Crippen LogP contribution < -0.4 is 10.1 Å². The minimum absolute atomic E-state index is 0.0323. The van der Waals surface area contributed by atoms with Crippen LogP contribution >= 0.6 is 11.6 Å². The van der Waals surface area contributed by atoms with Gasteiger partial charge >= 0.3 is 0 Å². The number of carbonyl (C=O) groups is 1. The highest BCUT2D eigenvalue weighted by atomic mass is 35.5. The van der Waals surface area contributed by atoms with Gasteiger partial charge in [0.05, 0.1) is 18.6 Å². The van der Waals surface area contributed by atoms with E-state index in [1.807, 2.05) is 6.92 Å². The molecular weight excluding hydrogens is 292 g/mol. The molecule has 116 valence electrons. The highest BCUT2D eigenvalue weighted by molar-refractivity contribution is 6.31. The number of carbonyl (C=O) groups excluding carboxylic acids is 1. The fraction of sp³-hybridized carbons (Fsp3) is 0.600. The summed E-state index contributed by atoms with van der Waals surface area (Å²) in [4.78, 5) is 16.2. The summed E-state index contributed by atoms with van der Waals surface area (Å²) >= 11 is 5.93. The average molecular weight is 313 g/mol. The van der Waals surface area contributed by atoms with Gasteiger partial charge in [0.15, 0.2) is 0 Å². The number of hydrogen-bond acceptors (Lipinski definition) is 4. The standard InChI is InChI=1S/C15H21ClN2O3/c1-2-13-11(5-4-9-20-13)14(19)17-8-10-21-15-12(16)6-3-7-18-15/h3,6-7,11,13H,2,4-5,8-10H2,1H3,(H,17,19). The first kappa shape index (κ1) is 16.0. The van der Waals surface area contributed by atoms with E-state index < -0.39 is 0 Å². The number of hydrogen-bond donors (Lipinski definition) is 1. The third kappa shape index (κ3) is 4.58. The van der Waals surface area contributed by atoms with Gasteiger partial charge < -0.3 is 14.8 Å². The second kappa shape index (κ2) is 8.20. The van der Waals surface area contributed by atoms with Crippen LogP contribution in [0.5, 0.6) is 5.88 Å². The fourth-order valence-electron chi connectivity index (χ4n) is 2.47. The Kier molecular flexibility index (Phi) is 6.26. The van der Waals surface area contributed by atoms with Crippen LogP contribution in [-0.4, -0.2) is 36.8 Å². The molecule has 2 rings (SSSR count). The van der Waals surface area contributed by atoms with Gasteiger partial charge in [-0.1, -0.05) is 18.5 Å². The topological polar surface area (TPSA) is 60.5 Å². The smallest absolute Gasteiger partial charge is 0.232 e. The van der Waals surface area contributed by atoms with Crippen LogP contribution in [0, 0.1) is 5.92 Å². The fourth-order valence-corrected chi connectivity index (χ4v) is 2.65. The Balaban J connectivity index is 1.73. The molecule has 6 heteroatoms. The molecule has 0 bridgehead atoms. The minimum atomic E-state index is -0.0535. The van der Waals surface area contributed by atoms with Crippen molar-refractivity contribution in [2.24, 2.45) is 5.92 Å². The van der Waals surface area contributed by atoms with Crippen molar-refractivity contribution in [2.75, 3.05) is 19.8 Å². The molecule has 2 atom stereocenters. The number of rotatable bonds is 6. The molecule has 1 N–H and O–H groups in total. The van der Waals surface area contributed by atoms with E-state index in [1.54, 1.807) is 18.3 Å². The van der Waals surface area contributed by atoms with Gasteiger partial charge in [0.25, 0.3) is 0 Å². The lowest BCUT2D eigenvalue weighted by atomic mass is 9.92. The summed E-state index contributed by atoms with van der Waals surface area (Å²) in [6.07, 6.45) is 4.33. The molecule has 2 unspecified atom stereocenters. The number of aromatic nitrogens is 1. The molecular formula is C15H21ClN2O3. The van der Waals surface area contributed by atoms with Crippen LogP contribution in [0.25, 0.3) is 0 Å². The Labute approximate surface area is 130 Å². The van der Waals surface area contributed by atoms with E-state index >= 15 is 0 Å². The van der Waals surface area contributed by atoms with Crippen molar-refractivity contribution in [2.45, 2.75) is 32.3 Å². The molecule has 0 aromatic carbocycles. The zero-order valence-corrected chi connectivity index (χ0v) is 12.9. The van der Waals surface area contributed by atoms with Crippen molar-refractivity contribution in [3.05, 3.63) is 23.4 Å². The summed E-state index contributed by atoms with van der Waals surface area (Å²) in [5, 5.41) is 3.36. The quantitative estimate of drug-likeness (QED) is 0.820. The average Bonchev–Trinajstić information content (AvgIpc) is 2.52. The third-order valence-corrected chi connectivity index (χ3v) is 3.83. The highest BCUT2D eigenvalue weighted by Gasteiger charge is 2.30. The SMILES string of the molecule is CCC1OCCCC1C(=O)NCCOc1ncccc1Cl. The number of pyridine rings is 1. The van der Waals surface area contributed by atoms with E-state index in [1.165, 1.54) is 0 Å². The summed E-state index contributed by atoms with van der Waals surface area (Å²) in [6, 6.07) is 3.46. The molecule has 0 spiro atoms. The lowest BCUT2D eigenvalue weighted by Gasteiger charge is -2.30. The summed E-state index contributed by atoms with van der Waals surface area (Å²) in [5.41, 5.74) is 0. The van der Waals surface area contributed by atoms with Crippen LogP contribution in [0.3, 0.4) is 0 Å². The van der Waals surface area contributed by atoms with Crippen molar-refractivity contribution in [1.29, 1.82) is 0 Å². The predicted octanol–water partition coefficient (Wildman–Crippen LogP) is 2.44. The van der Waals surface area contributed by atoms with E-state index in [4.69, 9.17) is 21.1 Å².